The molecule has 0 aliphatic heterocycles. The van der Waals surface area contributed by atoms with Gasteiger partial charge in [-0.05, 0) is 30.7 Å². The molecule has 13 heavy (non-hydrogen) atoms. The van der Waals surface area contributed by atoms with Gasteiger partial charge in [0.1, 0.15) is 11.5 Å². The van der Waals surface area contributed by atoms with Crippen molar-refractivity contribution < 1.29 is 14.9 Å². The average Bonchev–Trinajstić information content (AvgIpc) is 2.11. The second-order valence-corrected chi connectivity index (χ2v) is 2.76. The molecular formula is C9H13NO3. The fraction of sp³-hybridized carbons (Fsp3) is 0.333. The van der Waals surface area contributed by atoms with E-state index >= 15 is 0 Å². The first kappa shape index (κ1) is 9.83. The summed E-state index contributed by atoms with van der Waals surface area (Å²) in [6.45, 7) is 1.79. The normalized spacial score (nSPS) is 12.5. The topological polar surface area (TPSA) is 75.7 Å². The molecule has 1 aromatic carbocycles. The number of aromatic hydroxyl groups is 1. The van der Waals surface area contributed by atoms with Crippen LogP contribution in [-0.2, 0) is 0 Å². The van der Waals surface area contributed by atoms with Crippen LogP contribution < -0.4 is 10.5 Å². The first-order valence-electron chi connectivity index (χ1n) is 3.98. The van der Waals surface area contributed by atoms with Gasteiger partial charge in [-0.1, -0.05) is 0 Å². The van der Waals surface area contributed by atoms with E-state index < -0.39 is 6.29 Å². The third-order valence-electron chi connectivity index (χ3n) is 1.64. The minimum absolute atomic E-state index is 0.0416. The van der Waals surface area contributed by atoms with Crippen LogP contribution in [0.4, 0.5) is 0 Å². The van der Waals surface area contributed by atoms with E-state index in [1.54, 1.807) is 19.1 Å². The van der Waals surface area contributed by atoms with Crippen LogP contribution in [0.2, 0.25) is 0 Å². The van der Waals surface area contributed by atoms with Gasteiger partial charge in [0.2, 0.25) is 6.29 Å². The number of phenolic OH excluding ortho intramolecular Hbond substituents is 1. The van der Waals surface area contributed by atoms with Crippen molar-refractivity contribution in [3.05, 3.63) is 23.8 Å². The van der Waals surface area contributed by atoms with Gasteiger partial charge in [-0.15, -0.1) is 0 Å². The minimum atomic E-state index is -0.996. The molecule has 1 unspecified atom stereocenters. The highest BCUT2D eigenvalue weighted by Crippen LogP contribution is 2.22. The second-order valence-electron chi connectivity index (χ2n) is 2.76. The van der Waals surface area contributed by atoms with Crippen LogP contribution in [0.3, 0.4) is 0 Å². The number of hydrogen-bond donors (Lipinski definition) is 3. The Hall–Kier alpha value is -1.26. The van der Waals surface area contributed by atoms with Gasteiger partial charge in [0.05, 0.1) is 6.54 Å². The van der Waals surface area contributed by atoms with Crippen LogP contribution in [0.5, 0.6) is 11.5 Å². The van der Waals surface area contributed by atoms with Crippen LogP contribution in [-0.4, -0.2) is 23.0 Å². The third kappa shape index (κ3) is 2.61. The molecule has 0 bridgehead atoms. The van der Waals surface area contributed by atoms with Crippen LogP contribution in [0.1, 0.15) is 5.56 Å². The van der Waals surface area contributed by atoms with E-state index in [0.717, 1.165) is 0 Å². The number of aliphatic hydroxyl groups excluding tert-OH is 1. The van der Waals surface area contributed by atoms with Gasteiger partial charge in [0.25, 0.3) is 0 Å². The van der Waals surface area contributed by atoms with Crippen molar-refractivity contribution in [2.75, 3.05) is 6.54 Å². The van der Waals surface area contributed by atoms with Gasteiger partial charge in [0.15, 0.2) is 0 Å². The number of phenols is 1. The fourth-order valence-electron chi connectivity index (χ4n) is 0.906. The fourth-order valence-corrected chi connectivity index (χ4v) is 0.906. The maximum absolute atomic E-state index is 9.19. The summed E-state index contributed by atoms with van der Waals surface area (Å²) in [5, 5.41) is 18.3. The Morgan fingerprint density at radius 1 is 1.54 bits per heavy atom. The van der Waals surface area contributed by atoms with Gasteiger partial charge in [0, 0.05) is 0 Å². The Morgan fingerprint density at radius 3 is 2.77 bits per heavy atom. The number of nitrogens with two attached hydrogens (primary N) is 1. The summed E-state index contributed by atoms with van der Waals surface area (Å²) in [5.74, 6) is 0.697. The van der Waals surface area contributed by atoms with Gasteiger partial charge in [-0.2, -0.15) is 0 Å². The molecule has 1 aromatic rings. The quantitative estimate of drug-likeness (QED) is 0.591. The number of aryl methyl sites for hydroxylation is 1. The summed E-state index contributed by atoms with van der Waals surface area (Å²) < 4.78 is 5.02. The molecule has 0 radical (unpaired) electrons. The molecule has 0 saturated carbocycles. The zero-order chi connectivity index (χ0) is 9.84. The lowest BCUT2D eigenvalue weighted by molar-refractivity contribution is -0.00864. The van der Waals surface area contributed by atoms with E-state index in [1.807, 2.05) is 0 Å². The van der Waals surface area contributed by atoms with Gasteiger partial charge in [-0.25, -0.2) is 0 Å². The molecular weight excluding hydrogens is 170 g/mol. The molecule has 72 valence electrons. The van der Waals surface area contributed by atoms with Crippen molar-refractivity contribution in [1.82, 2.24) is 0 Å². The molecule has 0 aliphatic rings. The molecule has 0 aliphatic carbocycles. The lowest BCUT2D eigenvalue weighted by atomic mass is 10.2. The number of benzene rings is 1. The van der Waals surface area contributed by atoms with Gasteiger partial charge >= 0.3 is 0 Å². The Kier molecular flexibility index (Phi) is 3.11. The minimum Gasteiger partial charge on any atom is -0.508 e. The summed E-state index contributed by atoms with van der Waals surface area (Å²) in [5.41, 5.74) is 5.86. The van der Waals surface area contributed by atoms with Crippen molar-refractivity contribution in [2.24, 2.45) is 5.73 Å². The Balaban J connectivity index is 2.73. The maximum atomic E-state index is 9.19. The highest BCUT2D eigenvalue weighted by molar-refractivity contribution is 5.38. The molecule has 0 amide bonds. The summed E-state index contributed by atoms with van der Waals surface area (Å²) in [4.78, 5) is 0. The number of hydrogen-bond acceptors (Lipinski definition) is 4. The van der Waals surface area contributed by atoms with Gasteiger partial charge < -0.3 is 20.7 Å². The molecule has 0 spiro atoms. The van der Waals surface area contributed by atoms with Crippen molar-refractivity contribution in [2.45, 2.75) is 13.2 Å². The Morgan fingerprint density at radius 2 is 2.23 bits per heavy atom. The lowest BCUT2D eigenvalue weighted by Gasteiger charge is -2.11. The first-order chi connectivity index (χ1) is 6.13. The zero-order valence-corrected chi connectivity index (χ0v) is 7.40. The van der Waals surface area contributed by atoms with Crippen molar-refractivity contribution >= 4 is 0 Å². The molecule has 1 rings (SSSR count). The summed E-state index contributed by atoms with van der Waals surface area (Å²) in [7, 11) is 0. The third-order valence-corrected chi connectivity index (χ3v) is 1.64. The Bertz CT molecular complexity index is 288. The summed E-state index contributed by atoms with van der Waals surface area (Å²) in [6.07, 6.45) is -0.996. The van der Waals surface area contributed by atoms with Crippen molar-refractivity contribution in [3.63, 3.8) is 0 Å². The van der Waals surface area contributed by atoms with Crippen LogP contribution in [0.25, 0.3) is 0 Å². The van der Waals surface area contributed by atoms with E-state index in [9.17, 15) is 5.11 Å². The van der Waals surface area contributed by atoms with Crippen LogP contribution in [0, 0.1) is 6.92 Å². The van der Waals surface area contributed by atoms with Crippen LogP contribution in [0.15, 0.2) is 18.2 Å². The predicted molar refractivity (Wildman–Crippen MR) is 48.5 cm³/mol. The van der Waals surface area contributed by atoms with E-state index in [0.29, 0.717) is 11.3 Å². The average molecular weight is 183 g/mol. The number of rotatable bonds is 3. The predicted octanol–water partition coefficient (Wildman–Crippen LogP) is 0.357. The monoisotopic (exact) mass is 183 g/mol. The van der Waals surface area contributed by atoms with E-state index in [1.165, 1.54) is 6.07 Å². The van der Waals surface area contributed by atoms with E-state index in [4.69, 9.17) is 15.6 Å². The molecule has 1 atom stereocenters. The van der Waals surface area contributed by atoms with Crippen LogP contribution >= 0.6 is 0 Å². The van der Waals surface area contributed by atoms with E-state index in [2.05, 4.69) is 0 Å². The SMILES string of the molecule is Cc1cc(OC(O)CN)ccc1O. The highest BCUT2D eigenvalue weighted by Gasteiger charge is 2.04. The lowest BCUT2D eigenvalue weighted by Crippen LogP contribution is -2.25. The van der Waals surface area contributed by atoms with Gasteiger partial charge in [-0.3, -0.25) is 0 Å². The molecule has 0 saturated heterocycles. The molecule has 0 aromatic heterocycles. The second kappa shape index (κ2) is 4.11. The van der Waals surface area contributed by atoms with Crippen molar-refractivity contribution in [1.29, 1.82) is 0 Å². The molecule has 0 heterocycles. The maximum Gasteiger partial charge on any atom is 0.209 e. The number of ether oxygens (including phenoxy) is 1. The Labute approximate surface area is 76.6 Å². The van der Waals surface area contributed by atoms with E-state index in [-0.39, 0.29) is 12.3 Å². The molecule has 4 N–H and O–H groups in total. The standard InChI is InChI=1S/C9H13NO3/c1-6-4-7(2-3-8(6)11)13-9(12)5-10/h2-4,9,11-12H,5,10H2,1H3. The summed E-state index contributed by atoms with van der Waals surface area (Å²) >= 11 is 0. The largest absolute Gasteiger partial charge is 0.508 e. The summed E-state index contributed by atoms with van der Waals surface area (Å²) in [6, 6.07) is 4.71. The first-order valence-corrected chi connectivity index (χ1v) is 3.98. The highest BCUT2D eigenvalue weighted by atomic mass is 16.6. The zero-order valence-electron chi connectivity index (χ0n) is 7.40. The van der Waals surface area contributed by atoms with Crippen molar-refractivity contribution in [3.8, 4) is 11.5 Å². The molecule has 4 heteroatoms. The molecule has 4 nitrogen and oxygen atoms in total. The smallest absolute Gasteiger partial charge is 0.209 e. The number of aliphatic hydroxyl groups is 1. The molecule has 0 fully saturated rings.